The number of aromatic nitrogens is 3. The minimum Gasteiger partial charge on any atom is -0.459 e. The second kappa shape index (κ2) is 11.7. The van der Waals surface area contributed by atoms with Gasteiger partial charge < -0.3 is 14.9 Å². The Hall–Kier alpha value is -2.22. The molecule has 7 rings (SSSR count). The lowest BCUT2D eigenvalue weighted by Crippen LogP contribution is -2.66. The summed E-state index contributed by atoms with van der Waals surface area (Å²) in [5, 5.41) is 31.0. The maximum atomic E-state index is 14.4. The van der Waals surface area contributed by atoms with Crippen LogP contribution in [0.1, 0.15) is 117 Å². The molecule has 9 atom stereocenters. The van der Waals surface area contributed by atoms with E-state index in [2.05, 4.69) is 57.9 Å². The molecule has 5 aliphatic rings. The SMILES string of the molecule is CC1(C)CC[C@]2(C(=O)OCc3cn(Cc4cccc(Cl)c4)nn3)CC[C@]3(C)C(=CC[C@@H]4[C@@]5(C)CC[C@H](O)[C@@](C)(CO)[C@@H]5CC[C@]43C)[C@@H]2C1. The van der Waals surface area contributed by atoms with Crippen molar-refractivity contribution >= 4 is 17.6 Å². The topological polar surface area (TPSA) is 97.5 Å². The van der Waals surface area contributed by atoms with Gasteiger partial charge in [-0.2, -0.15) is 0 Å². The molecule has 7 nitrogen and oxygen atoms in total. The molecule has 5 aliphatic carbocycles. The van der Waals surface area contributed by atoms with Crippen LogP contribution in [0.5, 0.6) is 0 Å². The molecule has 2 aromatic rings. The van der Waals surface area contributed by atoms with E-state index in [1.165, 1.54) is 5.57 Å². The quantitative estimate of drug-likeness (QED) is 0.237. The highest BCUT2D eigenvalue weighted by Crippen LogP contribution is 2.75. The molecule has 0 bridgehead atoms. The van der Waals surface area contributed by atoms with Crippen LogP contribution in [0.15, 0.2) is 42.1 Å². The number of nitrogens with zero attached hydrogens (tertiary/aromatic N) is 3. The van der Waals surface area contributed by atoms with Crippen LogP contribution in [0.3, 0.4) is 0 Å². The van der Waals surface area contributed by atoms with Crippen LogP contribution in [0.4, 0.5) is 0 Å². The first-order chi connectivity index (χ1) is 22.6. The van der Waals surface area contributed by atoms with Crippen LogP contribution in [0, 0.1) is 50.2 Å². The van der Waals surface area contributed by atoms with Crippen LogP contribution in [0.25, 0.3) is 0 Å². The second-order valence-electron chi connectivity index (χ2n) is 18.2. The molecule has 1 heterocycles. The molecule has 0 amide bonds. The van der Waals surface area contributed by atoms with Gasteiger partial charge in [-0.25, -0.2) is 4.68 Å². The Labute approximate surface area is 291 Å². The molecule has 1 aromatic carbocycles. The van der Waals surface area contributed by atoms with E-state index in [1.54, 1.807) is 4.68 Å². The smallest absolute Gasteiger partial charge is 0.313 e. The van der Waals surface area contributed by atoms with Crippen molar-refractivity contribution in [1.29, 1.82) is 0 Å². The number of aliphatic hydroxyl groups is 2. The van der Waals surface area contributed by atoms with Crippen molar-refractivity contribution in [3.8, 4) is 0 Å². The first kappa shape index (κ1) is 34.2. The van der Waals surface area contributed by atoms with Crippen molar-refractivity contribution < 1.29 is 19.7 Å². The zero-order chi connectivity index (χ0) is 34.3. The summed E-state index contributed by atoms with van der Waals surface area (Å²) in [5.41, 5.74) is 2.49. The summed E-state index contributed by atoms with van der Waals surface area (Å²) in [6.45, 7) is 15.1. The van der Waals surface area contributed by atoms with E-state index in [-0.39, 0.29) is 46.8 Å². The third-order valence-corrected chi connectivity index (χ3v) is 15.6. The number of benzene rings is 1. The number of hydrogen-bond donors (Lipinski definition) is 2. The van der Waals surface area contributed by atoms with Gasteiger partial charge in [-0.05, 0) is 121 Å². The fraction of sp³-hybridized carbons (Fsp3) is 0.725. The Bertz CT molecular complexity index is 1600. The molecule has 8 heteroatoms. The third kappa shape index (κ3) is 5.06. The van der Waals surface area contributed by atoms with E-state index in [1.807, 2.05) is 30.5 Å². The lowest BCUT2D eigenvalue weighted by molar-refractivity contribution is -0.217. The molecule has 2 N–H and O–H groups in total. The average molecular weight is 678 g/mol. The number of carbonyl (C=O) groups is 1. The van der Waals surface area contributed by atoms with Gasteiger partial charge in [0.05, 0.1) is 30.9 Å². The maximum Gasteiger partial charge on any atom is 0.313 e. The van der Waals surface area contributed by atoms with Gasteiger partial charge in [0.2, 0.25) is 0 Å². The van der Waals surface area contributed by atoms with Crippen LogP contribution < -0.4 is 0 Å². The summed E-state index contributed by atoms with van der Waals surface area (Å²) in [6.07, 6.45) is 13.5. The molecule has 0 spiro atoms. The molecule has 4 saturated carbocycles. The van der Waals surface area contributed by atoms with Gasteiger partial charge >= 0.3 is 5.97 Å². The highest BCUT2D eigenvalue weighted by atomic mass is 35.5. The Morgan fingerprint density at radius 3 is 2.54 bits per heavy atom. The number of halogens is 1. The molecule has 0 unspecified atom stereocenters. The average Bonchev–Trinajstić information content (AvgIpc) is 3.49. The first-order valence-electron chi connectivity index (χ1n) is 18.4. The molecular weight excluding hydrogens is 622 g/mol. The van der Waals surface area contributed by atoms with Crippen molar-refractivity contribution in [3.05, 3.63) is 58.4 Å². The number of ether oxygens (including phenoxy) is 1. The fourth-order valence-electron chi connectivity index (χ4n) is 12.2. The molecule has 48 heavy (non-hydrogen) atoms. The minimum absolute atomic E-state index is 0.0134. The third-order valence-electron chi connectivity index (χ3n) is 15.3. The number of aliphatic hydroxyl groups excluding tert-OH is 2. The van der Waals surface area contributed by atoms with Crippen molar-refractivity contribution in [3.63, 3.8) is 0 Å². The summed E-state index contributed by atoms with van der Waals surface area (Å²) in [4.78, 5) is 14.4. The largest absolute Gasteiger partial charge is 0.459 e. The molecule has 262 valence electrons. The minimum atomic E-state index is -0.521. The van der Waals surface area contributed by atoms with Gasteiger partial charge in [-0.15, -0.1) is 5.10 Å². The van der Waals surface area contributed by atoms with Crippen molar-refractivity contribution in [2.24, 2.45) is 50.2 Å². The van der Waals surface area contributed by atoms with Gasteiger partial charge in [0.15, 0.2) is 0 Å². The number of fused-ring (bicyclic) bond motifs is 7. The second-order valence-corrected chi connectivity index (χ2v) is 18.6. The highest BCUT2D eigenvalue weighted by molar-refractivity contribution is 6.30. The number of esters is 1. The molecule has 0 aliphatic heterocycles. The van der Waals surface area contributed by atoms with E-state index in [0.717, 1.165) is 69.8 Å². The number of hydrogen-bond acceptors (Lipinski definition) is 6. The zero-order valence-corrected chi connectivity index (χ0v) is 30.7. The Balaban J connectivity index is 1.15. The van der Waals surface area contributed by atoms with E-state index in [9.17, 15) is 15.0 Å². The number of allylic oxidation sites excluding steroid dienone is 2. The Morgan fingerprint density at radius 2 is 1.79 bits per heavy atom. The molecule has 0 saturated heterocycles. The zero-order valence-electron chi connectivity index (χ0n) is 29.9. The molecular formula is C40H56ClN3O4. The molecule has 4 fully saturated rings. The predicted octanol–water partition coefficient (Wildman–Crippen LogP) is 8.16. The van der Waals surface area contributed by atoms with Gasteiger partial charge in [0, 0.05) is 10.4 Å². The number of carbonyl (C=O) groups excluding carboxylic acids is 1. The highest BCUT2D eigenvalue weighted by Gasteiger charge is 2.69. The summed E-state index contributed by atoms with van der Waals surface area (Å²) >= 11 is 6.17. The summed E-state index contributed by atoms with van der Waals surface area (Å²) < 4.78 is 7.97. The van der Waals surface area contributed by atoms with Gasteiger partial charge in [-0.3, -0.25) is 4.79 Å². The van der Waals surface area contributed by atoms with Crippen LogP contribution in [-0.4, -0.2) is 43.9 Å². The van der Waals surface area contributed by atoms with E-state index < -0.39 is 16.9 Å². The van der Waals surface area contributed by atoms with Crippen LogP contribution >= 0.6 is 11.6 Å². The summed E-state index contributed by atoms with van der Waals surface area (Å²) in [6, 6.07) is 7.71. The first-order valence-corrected chi connectivity index (χ1v) is 18.8. The van der Waals surface area contributed by atoms with E-state index in [4.69, 9.17) is 16.3 Å². The fourth-order valence-corrected chi connectivity index (χ4v) is 12.4. The van der Waals surface area contributed by atoms with Crippen LogP contribution in [-0.2, 0) is 22.7 Å². The van der Waals surface area contributed by atoms with Gasteiger partial charge in [0.1, 0.15) is 12.3 Å². The Kier molecular flexibility index (Phi) is 8.32. The standard InChI is InChI=1S/C40H56ClN3O4/c1-35(2)16-18-40(34(47)48-24-28-23-44(43-42-28)22-26-8-7-9-27(41)20-26)19-17-38(5)29(30(40)21-35)10-11-32-36(3)14-13-33(46)37(4,25-45)31(36)12-15-39(32,38)6/h7-10,20,23,30-33,45-46H,11-19,21-22,24-25H2,1-6H3/t30-,31+,32+,33-,36-,37-,38+,39+,40-/m0/s1. The molecule has 0 radical (unpaired) electrons. The lowest BCUT2D eigenvalue weighted by Gasteiger charge is -2.71. The number of rotatable bonds is 6. The summed E-state index contributed by atoms with van der Waals surface area (Å²) in [5.74, 6) is 0.857. The normalized spacial score (nSPS) is 41.6. The van der Waals surface area contributed by atoms with Crippen LogP contribution in [0.2, 0.25) is 5.02 Å². The van der Waals surface area contributed by atoms with Gasteiger partial charge in [0.25, 0.3) is 0 Å². The monoisotopic (exact) mass is 677 g/mol. The summed E-state index contributed by atoms with van der Waals surface area (Å²) in [7, 11) is 0. The van der Waals surface area contributed by atoms with Crippen molar-refractivity contribution in [1.82, 2.24) is 15.0 Å². The Morgan fingerprint density at radius 1 is 1.02 bits per heavy atom. The predicted molar refractivity (Wildman–Crippen MR) is 187 cm³/mol. The van der Waals surface area contributed by atoms with Crippen molar-refractivity contribution in [2.45, 2.75) is 125 Å². The van der Waals surface area contributed by atoms with Crippen molar-refractivity contribution in [2.75, 3.05) is 6.61 Å². The van der Waals surface area contributed by atoms with E-state index in [0.29, 0.717) is 29.1 Å². The molecule has 1 aromatic heterocycles. The van der Waals surface area contributed by atoms with E-state index >= 15 is 0 Å². The van der Waals surface area contributed by atoms with Gasteiger partial charge in [-0.1, -0.05) is 82.1 Å². The maximum absolute atomic E-state index is 14.4. The lowest BCUT2D eigenvalue weighted by atomic mass is 9.33.